The fraction of sp³-hybridized carbons (Fsp3) is 0.0857. The highest BCUT2D eigenvalue weighted by Gasteiger charge is 2.21. The van der Waals surface area contributed by atoms with Gasteiger partial charge in [-0.15, -0.1) is 0 Å². The summed E-state index contributed by atoms with van der Waals surface area (Å²) < 4.78 is 9.14. The molecule has 0 atom stereocenters. The molecule has 4 heterocycles. The molecule has 5 aromatic carbocycles. The molecule has 0 fully saturated rings. The quantitative estimate of drug-likeness (QED) is 0.232. The summed E-state index contributed by atoms with van der Waals surface area (Å²) in [5.41, 5.74) is 13.5. The summed E-state index contributed by atoms with van der Waals surface area (Å²) in [5.74, 6) is 1.83. The van der Waals surface area contributed by atoms with Crippen LogP contribution in [0.5, 0.6) is 0 Å². The highest BCUT2D eigenvalue weighted by Crippen LogP contribution is 2.33. The Morgan fingerprint density at radius 1 is 0.512 bits per heavy atom. The van der Waals surface area contributed by atoms with Gasteiger partial charge in [0.2, 0.25) is 11.6 Å². The van der Waals surface area contributed by atoms with E-state index in [1.54, 1.807) is 0 Å². The zero-order valence-electron chi connectivity index (χ0n) is 22.8. The maximum Gasteiger partial charge on any atom is 0.220 e. The van der Waals surface area contributed by atoms with Gasteiger partial charge in [0.25, 0.3) is 0 Å². The number of hydrogen-bond acceptors (Lipinski definition) is 2. The number of benzene rings is 5. The lowest BCUT2D eigenvalue weighted by molar-refractivity contribution is 1.07. The van der Waals surface area contributed by atoms with Crippen LogP contribution in [-0.4, -0.2) is 27.9 Å². The first-order valence-electron chi connectivity index (χ1n) is 14.1. The van der Waals surface area contributed by atoms with Crippen molar-refractivity contribution >= 4 is 55.7 Å². The normalized spacial score (nSPS) is 12.2. The van der Waals surface area contributed by atoms with E-state index in [0.717, 1.165) is 73.5 Å². The monoisotopic (exact) mass is 530 g/mol. The molecule has 6 nitrogen and oxygen atoms in total. The zero-order valence-corrected chi connectivity index (χ0v) is 22.8. The van der Waals surface area contributed by atoms with E-state index in [0.29, 0.717) is 0 Å². The van der Waals surface area contributed by atoms with Gasteiger partial charge in [-0.05, 0) is 79.1 Å². The van der Waals surface area contributed by atoms with Gasteiger partial charge >= 0.3 is 0 Å². The molecular weight excluding hydrogens is 504 g/mol. The molecule has 0 spiro atoms. The van der Waals surface area contributed by atoms with E-state index in [1.807, 2.05) is 0 Å². The van der Waals surface area contributed by atoms with E-state index in [2.05, 4.69) is 141 Å². The van der Waals surface area contributed by atoms with Crippen molar-refractivity contribution in [2.75, 3.05) is 0 Å². The number of imidazole rings is 4. The minimum absolute atomic E-state index is 0.911. The maximum absolute atomic E-state index is 5.23. The minimum atomic E-state index is 0.911. The molecule has 0 saturated carbocycles. The molecule has 0 amide bonds. The number of para-hydroxylation sites is 6. The molecule has 0 N–H and O–H groups in total. The molecule has 4 aromatic heterocycles. The second-order valence-electron chi connectivity index (χ2n) is 10.7. The largest absolute Gasteiger partial charge is 0.278 e. The molecule has 0 saturated heterocycles. The third-order valence-electron chi connectivity index (χ3n) is 8.47. The van der Waals surface area contributed by atoms with Gasteiger partial charge in [-0.3, -0.25) is 17.9 Å². The predicted molar refractivity (Wildman–Crippen MR) is 167 cm³/mol. The topological polar surface area (TPSA) is 44.5 Å². The molecule has 0 radical (unpaired) electrons. The second-order valence-corrected chi connectivity index (χ2v) is 10.7. The van der Waals surface area contributed by atoms with Crippen molar-refractivity contribution in [2.24, 2.45) is 0 Å². The Morgan fingerprint density at radius 2 is 1.00 bits per heavy atom. The van der Waals surface area contributed by atoms with Crippen LogP contribution in [0.25, 0.3) is 67.1 Å². The predicted octanol–water partition coefficient (Wildman–Crippen LogP) is 8.05. The van der Waals surface area contributed by atoms with Crippen molar-refractivity contribution in [1.82, 2.24) is 27.9 Å². The standard InChI is InChI=1S/C35H26N6/c1-3-23-12-9-20-31-33(23)37-35-39(27-16-5-7-18-29(27)41(31)35)25-14-10-13-24(21-25)38-26-15-4-6-17-28(26)40-30-19-8-11-22(2)32(30)36-34(38)40/h4-21H,3H2,1-2H3. The van der Waals surface area contributed by atoms with Crippen molar-refractivity contribution in [3.8, 4) is 11.4 Å². The van der Waals surface area contributed by atoms with Crippen molar-refractivity contribution in [2.45, 2.75) is 20.3 Å². The van der Waals surface area contributed by atoms with Gasteiger partial charge in [-0.25, -0.2) is 9.97 Å². The van der Waals surface area contributed by atoms with Crippen LogP contribution in [0.3, 0.4) is 0 Å². The molecular formula is C35H26N6. The maximum atomic E-state index is 5.23. The molecule has 0 aliphatic rings. The third-order valence-corrected chi connectivity index (χ3v) is 8.47. The summed E-state index contributed by atoms with van der Waals surface area (Å²) in [4.78, 5) is 10.4. The smallest absolute Gasteiger partial charge is 0.220 e. The number of hydrogen-bond donors (Lipinski definition) is 0. The van der Waals surface area contributed by atoms with Gasteiger partial charge < -0.3 is 0 Å². The van der Waals surface area contributed by atoms with Gasteiger partial charge in [0.1, 0.15) is 0 Å². The molecule has 41 heavy (non-hydrogen) atoms. The summed E-state index contributed by atoms with van der Waals surface area (Å²) in [7, 11) is 0. The Balaban J connectivity index is 1.37. The van der Waals surface area contributed by atoms with Crippen LogP contribution in [0.2, 0.25) is 0 Å². The molecule has 0 bridgehead atoms. The van der Waals surface area contributed by atoms with E-state index in [-0.39, 0.29) is 0 Å². The number of aromatic nitrogens is 6. The summed E-state index contributed by atoms with van der Waals surface area (Å²) in [5, 5.41) is 0. The van der Waals surface area contributed by atoms with Crippen LogP contribution >= 0.6 is 0 Å². The number of nitrogens with zero attached hydrogens (tertiary/aromatic N) is 6. The Kier molecular flexibility index (Phi) is 4.43. The van der Waals surface area contributed by atoms with E-state index in [9.17, 15) is 0 Å². The summed E-state index contributed by atoms with van der Waals surface area (Å²) in [6, 6.07) is 38.7. The lowest BCUT2D eigenvalue weighted by atomic mass is 10.1. The number of rotatable bonds is 3. The lowest BCUT2D eigenvalue weighted by Gasteiger charge is -2.10. The van der Waals surface area contributed by atoms with Crippen molar-refractivity contribution < 1.29 is 0 Å². The molecule has 0 aliphatic heterocycles. The Morgan fingerprint density at radius 3 is 1.61 bits per heavy atom. The van der Waals surface area contributed by atoms with E-state index >= 15 is 0 Å². The highest BCUT2D eigenvalue weighted by atomic mass is 15.2. The van der Waals surface area contributed by atoms with Crippen LogP contribution in [0.4, 0.5) is 0 Å². The Bertz CT molecular complexity index is 2480. The fourth-order valence-electron chi connectivity index (χ4n) is 6.61. The van der Waals surface area contributed by atoms with E-state index in [4.69, 9.17) is 9.97 Å². The molecule has 9 rings (SSSR count). The second kappa shape index (κ2) is 8.08. The van der Waals surface area contributed by atoms with Crippen molar-refractivity contribution in [1.29, 1.82) is 0 Å². The molecule has 196 valence electrons. The number of aryl methyl sites for hydroxylation is 2. The zero-order chi connectivity index (χ0) is 27.2. The molecule has 6 heteroatoms. The van der Waals surface area contributed by atoms with Crippen LogP contribution in [-0.2, 0) is 6.42 Å². The first-order valence-corrected chi connectivity index (χ1v) is 14.1. The van der Waals surface area contributed by atoms with Crippen LogP contribution in [0.15, 0.2) is 109 Å². The first-order chi connectivity index (χ1) is 20.2. The SMILES string of the molecule is CCc1cccc2c1nc1n(-c3cccc(-n4c5ccccc5n5c6cccc(C)c6nc45)c3)c3ccccc3n21. The average molecular weight is 531 g/mol. The molecule has 9 aromatic rings. The fourth-order valence-corrected chi connectivity index (χ4v) is 6.61. The van der Waals surface area contributed by atoms with E-state index in [1.165, 1.54) is 11.1 Å². The molecule has 0 aliphatic carbocycles. The highest BCUT2D eigenvalue weighted by molar-refractivity contribution is 5.95. The van der Waals surface area contributed by atoms with Crippen LogP contribution in [0.1, 0.15) is 18.1 Å². The van der Waals surface area contributed by atoms with E-state index < -0.39 is 0 Å². The molecule has 0 unspecified atom stereocenters. The third kappa shape index (κ3) is 2.91. The van der Waals surface area contributed by atoms with Crippen molar-refractivity contribution in [3.63, 3.8) is 0 Å². The van der Waals surface area contributed by atoms with Gasteiger partial charge in [0.05, 0.1) is 55.5 Å². The summed E-state index contributed by atoms with van der Waals surface area (Å²) in [6.45, 7) is 4.32. The summed E-state index contributed by atoms with van der Waals surface area (Å²) >= 11 is 0. The van der Waals surface area contributed by atoms with Crippen LogP contribution < -0.4 is 0 Å². The van der Waals surface area contributed by atoms with Gasteiger partial charge in [0.15, 0.2) is 0 Å². The van der Waals surface area contributed by atoms with Gasteiger partial charge in [0, 0.05) is 0 Å². The van der Waals surface area contributed by atoms with Gasteiger partial charge in [-0.1, -0.05) is 61.5 Å². The Labute approximate surface area is 235 Å². The summed E-state index contributed by atoms with van der Waals surface area (Å²) in [6.07, 6.45) is 0.944. The Hall–Kier alpha value is -5.36. The van der Waals surface area contributed by atoms with Crippen molar-refractivity contribution in [3.05, 3.63) is 120 Å². The number of fused-ring (bicyclic) bond motifs is 10. The average Bonchev–Trinajstić information content (AvgIpc) is 3.74. The van der Waals surface area contributed by atoms with Gasteiger partial charge in [-0.2, -0.15) is 0 Å². The minimum Gasteiger partial charge on any atom is -0.278 e. The van der Waals surface area contributed by atoms with Crippen LogP contribution in [0, 0.1) is 6.92 Å². The lowest BCUT2D eigenvalue weighted by Crippen LogP contribution is -1.99. The first kappa shape index (κ1) is 22.5.